The summed E-state index contributed by atoms with van der Waals surface area (Å²) in [6, 6.07) is 3.05. The Balaban J connectivity index is 1.69. The van der Waals surface area contributed by atoms with Crippen LogP contribution in [0.5, 0.6) is 5.75 Å². The summed E-state index contributed by atoms with van der Waals surface area (Å²) in [5, 5.41) is 12.1. The van der Waals surface area contributed by atoms with Crippen molar-refractivity contribution in [3.05, 3.63) is 28.8 Å². The molecule has 4 aliphatic rings. The number of piperidine rings is 1. The van der Waals surface area contributed by atoms with Crippen LogP contribution in [0.4, 0.5) is 13.2 Å². The lowest BCUT2D eigenvalue weighted by Gasteiger charge is -2.63. The molecule has 2 bridgehead atoms. The Bertz CT molecular complexity index is 1080. The number of carbonyl (C=O) groups is 1. The van der Waals surface area contributed by atoms with Crippen LogP contribution in [0.2, 0.25) is 0 Å². The van der Waals surface area contributed by atoms with E-state index >= 15 is 0 Å². The number of nitrogens with zero attached hydrogens (tertiary/aromatic N) is 1. The molecule has 1 saturated heterocycles. The zero-order valence-electron chi connectivity index (χ0n) is 17.7. The quantitative estimate of drug-likeness (QED) is 0.535. The topological polar surface area (TPSA) is 83.9 Å². The maximum absolute atomic E-state index is 13.2. The van der Waals surface area contributed by atoms with Gasteiger partial charge in [-0.15, -0.1) is 0 Å². The number of aryl methyl sites for hydroxylation is 1. The molecule has 32 heavy (non-hydrogen) atoms. The van der Waals surface area contributed by atoms with Crippen molar-refractivity contribution >= 4 is 15.9 Å². The Morgan fingerprint density at radius 2 is 1.97 bits per heavy atom. The van der Waals surface area contributed by atoms with Crippen LogP contribution in [-0.2, 0) is 26.7 Å². The second kappa shape index (κ2) is 6.93. The second-order valence-corrected chi connectivity index (χ2v) is 11.4. The molecule has 6 nitrogen and oxygen atoms in total. The van der Waals surface area contributed by atoms with E-state index in [2.05, 4.69) is 4.90 Å². The molecular weight excluding hydrogens is 447 g/mol. The normalized spacial score (nSPS) is 32.9. The van der Waals surface area contributed by atoms with Gasteiger partial charge in [-0.25, -0.2) is 0 Å². The number of ketones is 1. The first kappa shape index (κ1) is 22.2. The number of likely N-dealkylation sites (tertiary alicyclic amines) is 1. The number of hydrogen-bond donors (Lipinski definition) is 1. The monoisotopic (exact) mass is 473 g/mol. The SMILES string of the molecule is Cc1ccc2c(c1OS(=O)(=O)C(F)(F)F)[C@]13CCN(CC4CC4)[C@H](C2)[C@]1(O)CCC(=O)C3. The summed E-state index contributed by atoms with van der Waals surface area (Å²) in [7, 11) is -5.90. The second-order valence-electron chi connectivity index (χ2n) is 9.86. The lowest BCUT2D eigenvalue weighted by atomic mass is 9.49. The van der Waals surface area contributed by atoms with Gasteiger partial charge in [-0.2, -0.15) is 21.6 Å². The minimum absolute atomic E-state index is 0.0316. The highest BCUT2D eigenvalue weighted by Crippen LogP contribution is 2.60. The molecule has 0 unspecified atom stereocenters. The molecule has 1 heterocycles. The van der Waals surface area contributed by atoms with Crippen molar-refractivity contribution in [1.82, 2.24) is 4.90 Å². The number of Topliss-reactive ketones (excluding diaryl/α,β-unsaturated/α-hetero) is 1. The van der Waals surface area contributed by atoms with Crippen molar-refractivity contribution in [1.29, 1.82) is 0 Å². The van der Waals surface area contributed by atoms with E-state index in [1.54, 1.807) is 12.1 Å². The molecule has 1 aromatic rings. The largest absolute Gasteiger partial charge is 0.534 e. The van der Waals surface area contributed by atoms with Crippen LogP contribution in [0.1, 0.15) is 55.2 Å². The predicted octanol–water partition coefficient (Wildman–Crippen LogP) is 2.99. The Labute approximate surface area is 184 Å². The van der Waals surface area contributed by atoms with E-state index in [0.717, 1.165) is 19.4 Å². The summed E-state index contributed by atoms with van der Waals surface area (Å²) in [6.07, 6.45) is 3.40. The number of hydrogen-bond acceptors (Lipinski definition) is 6. The number of fused-ring (bicyclic) bond motifs is 1. The minimum Gasteiger partial charge on any atom is -0.387 e. The molecule has 1 aromatic carbocycles. The lowest BCUT2D eigenvalue weighted by Crippen LogP contribution is -2.73. The van der Waals surface area contributed by atoms with Gasteiger partial charge in [0.05, 0.1) is 5.60 Å². The smallest absolute Gasteiger partial charge is 0.387 e. The van der Waals surface area contributed by atoms with E-state index in [9.17, 15) is 31.5 Å². The van der Waals surface area contributed by atoms with E-state index in [-0.39, 0.29) is 48.0 Å². The third-order valence-electron chi connectivity index (χ3n) is 7.93. The molecule has 3 fully saturated rings. The van der Waals surface area contributed by atoms with Crippen LogP contribution in [0.3, 0.4) is 0 Å². The van der Waals surface area contributed by atoms with Crippen LogP contribution < -0.4 is 4.18 Å². The first-order valence-corrected chi connectivity index (χ1v) is 12.4. The number of halogens is 3. The molecule has 0 spiro atoms. The van der Waals surface area contributed by atoms with Crippen LogP contribution in [-0.4, -0.2) is 54.4 Å². The Hall–Kier alpha value is -1.65. The Morgan fingerprint density at radius 1 is 1.25 bits per heavy atom. The maximum Gasteiger partial charge on any atom is 0.534 e. The minimum atomic E-state index is -5.90. The number of alkyl halides is 3. The highest BCUT2D eigenvalue weighted by atomic mass is 32.2. The van der Waals surface area contributed by atoms with Gasteiger partial charge >= 0.3 is 15.6 Å². The molecule has 5 rings (SSSR count). The van der Waals surface area contributed by atoms with Crippen molar-refractivity contribution in [2.24, 2.45) is 5.92 Å². The molecule has 2 saturated carbocycles. The van der Waals surface area contributed by atoms with Crippen LogP contribution in [0, 0.1) is 12.8 Å². The molecule has 3 atom stereocenters. The third-order valence-corrected chi connectivity index (χ3v) is 8.88. The molecular formula is C22H26F3NO5S. The van der Waals surface area contributed by atoms with Crippen LogP contribution in [0.15, 0.2) is 12.1 Å². The van der Waals surface area contributed by atoms with Gasteiger partial charge in [0.15, 0.2) is 0 Å². The van der Waals surface area contributed by atoms with Gasteiger partial charge in [0, 0.05) is 36.4 Å². The Morgan fingerprint density at radius 3 is 2.62 bits per heavy atom. The highest BCUT2D eigenvalue weighted by Gasteiger charge is 2.66. The fourth-order valence-corrected chi connectivity index (χ4v) is 6.73. The van der Waals surface area contributed by atoms with Gasteiger partial charge in [0.1, 0.15) is 11.5 Å². The average Bonchev–Trinajstić information content (AvgIpc) is 3.50. The van der Waals surface area contributed by atoms with Crippen molar-refractivity contribution in [2.45, 2.75) is 74.4 Å². The maximum atomic E-state index is 13.2. The average molecular weight is 474 g/mol. The number of benzene rings is 1. The van der Waals surface area contributed by atoms with Crippen molar-refractivity contribution < 1.29 is 35.7 Å². The molecule has 3 aliphatic carbocycles. The van der Waals surface area contributed by atoms with Gasteiger partial charge in [-0.3, -0.25) is 9.69 Å². The van der Waals surface area contributed by atoms with Gasteiger partial charge in [-0.1, -0.05) is 12.1 Å². The Kier molecular flexibility index (Phi) is 4.80. The fourth-order valence-electron chi connectivity index (χ4n) is 6.20. The van der Waals surface area contributed by atoms with E-state index in [1.165, 1.54) is 6.92 Å². The van der Waals surface area contributed by atoms with Crippen molar-refractivity contribution in [3.8, 4) is 5.75 Å². The number of carbonyl (C=O) groups excluding carboxylic acids is 1. The highest BCUT2D eigenvalue weighted by molar-refractivity contribution is 7.88. The summed E-state index contributed by atoms with van der Waals surface area (Å²) in [6.45, 7) is 2.93. The lowest BCUT2D eigenvalue weighted by molar-refractivity contribution is -0.173. The standard InChI is InChI=1S/C22H26F3NO5S/c1-13-2-5-15-10-17-21(28)7-6-16(27)11-20(21,8-9-26(17)12-14-3-4-14)18(15)19(13)31-32(29,30)22(23,24)25/h2,5,14,17,28H,3-4,6-12H2,1H3/t17-,20-,21-/m1/s1. The predicted molar refractivity (Wildman–Crippen MR) is 109 cm³/mol. The zero-order valence-corrected chi connectivity index (χ0v) is 18.6. The molecule has 0 aromatic heterocycles. The molecule has 10 heteroatoms. The van der Waals surface area contributed by atoms with E-state index in [4.69, 9.17) is 4.18 Å². The summed E-state index contributed by atoms with van der Waals surface area (Å²) in [5.74, 6) is 0.122. The summed E-state index contributed by atoms with van der Waals surface area (Å²) in [5.41, 5.74) is -6.94. The summed E-state index contributed by atoms with van der Waals surface area (Å²) < 4.78 is 68.1. The molecule has 176 valence electrons. The van der Waals surface area contributed by atoms with Crippen molar-refractivity contribution in [3.63, 3.8) is 0 Å². The van der Waals surface area contributed by atoms with Crippen LogP contribution in [0.25, 0.3) is 0 Å². The first-order valence-electron chi connectivity index (χ1n) is 11.0. The summed E-state index contributed by atoms with van der Waals surface area (Å²) in [4.78, 5) is 14.9. The molecule has 0 amide bonds. The molecule has 1 aliphatic heterocycles. The van der Waals surface area contributed by atoms with Crippen molar-refractivity contribution in [2.75, 3.05) is 13.1 Å². The number of aliphatic hydroxyl groups is 1. The van der Waals surface area contributed by atoms with Gasteiger partial charge in [0.2, 0.25) is 0 Å². The fraction of sp³-hybridized carbons (Fsp3) is 0.682. The third kappa shape index (κ3) is 3.13. The van der Waals surface area contributed by atoms with E-state index in [1.807, 2.05) is 0 Å². The van der Waals surface area contributed by atoms with Gasteiger partial charge in [-0.05, 0) is 62.6 Å². The van der Waals surface area contributed by atoms with Crippen LogP contribution >= 0.6 is 0 Å². The zero-order chi connectivity index (χ0) is 23.1. The van der Waals surface area contributed by atoms with Gasteiger partial charge < -0.3 is 9.29 Å². The van der Waals surface area contributed by atoms with Gasteiger partial charge in [0.25, 0.3) is 0 Å². The first-order chi connectivity index (χ1) is 14.9. The van der Waals surface area contributed by atoms with E-state index in [0.29, 0.717) is 30.9 Å². The molecule has 0 radical (unpaired) electrons. The number of rotatable bonds is 4. The summed E-state index contributed by atoms with van der Waals surface area (Å²) >= 11 is 0. The molecule has 1 N–H and O–H groups in total. The van der Waals surface area contributed by atoms with E-state index < -0.39 is 26.6 Å².